The number of fused-ring (bicyclic) bond motifs is 1. The van der Waals surface area contributed by atoms with Crippen LogP contribution in [0.25, 0.3) is 0 Å². The minimum atomic E-state index is 1.14. The third-order valence-electron chi connectivity index (χ3n) is 3.97. The Morgan fingerprint density at radius 3 is 1.17 bits per heavy atom. The lowest BCUT2D eigenvalue weighted by molar-refractivity contribution is 0.191. The number of hydrogen-bond donors (Lipinski definition) is 0. The second kappa shape index (κ2) is 4.30. The highest BCUT2D eigenvalue weighted by molar-refractivity contribution is 4.76. The molecule has 2 atom stereocenters. The van der Waals surface area contributed by atoms with Gasteiger partial charge in [0.25, 0.3) is 0 Å². The van der Waals surface area contributed by atoms with Crippen molar-refractivity contribution in [1.29, 1.82) is 0 Å². The molecule has 0 aliphatic heterocycles. The maximum atomic E-state index is 1.56. The van der Waals surface area contributed by atoms with Crippen molar-refractivity contribution in [3.8, 4) is 0 Å². The zero-order valence-electron chi connectivity index (χ0n) is 8.23. The van der Waals surface area contributed by atoms with Crippen LogP contribution in [0, 0.1) is 11.8 Å². The molecule has 0 unspecified atom stereocenters. The van der Waals surface area contributed by atoms with Gasteiger partial charge in [-0.25, -0.2) is 0 Å². The van der Waals surface area contributed by atoms with Crippen molar-refractivity contribution in [3.63, 3.8) is 0 Å². The predicted octanol–water partition coefficient (Wildman–Crippen LogP) is 4.15. The average Bonchev–Trinajstić information content (AvgIpc) is 2.06. The van der Waals surface area contributed by atoms with Crippen molar-refractivity contribution < 1.29 is 0 Å². The second-order valence-corrected chi connectivity index (χ2v) is 4.80. The predicted molar refractivity (Wildman–Crippen MR) is 53.2 cm³/mol. The van der Waals surface area contributed by atoms with Gasteiger partial charge in [0.2, 0.25) is 0 Å². The van der Waals surface area contributed by atoms with Crippen LogP contribution >= 0.6 is 0 Å². The molecule has 0 saturated heterocycles. The van der Waals surface area contributed by atoms with E-state index in [1.54, 1.807) is 25.7 Å². The van der Waals surface area contributed by atoms with Gasteiger partial charge in [0.05, 0.1) is 0 Å². The van der Waals surface area contributed by atoms with E-state index in [9.17, 15) is 0 Å². The van der Waals surface area contributed by atoms with Gasteiger partial charge in [-0.3, -0.25) is 0 Å². The first-order valence-electron chi connectivity index (χ1n) is 5.97. The summed E-state index contributed by atoms with van der Waals surface area (Å²) in [6.45, 7) is 0. The molecule has 2 rings (SSSR count). The maximum absolute atomic E-state index is 1.56. The Morgan fingerprint density at radius 2 is 0.750 bits per heavy atom. The highest BCUT2D eigenvalue weighted by Crippen LogP contribution is 2.38. The molecule has 0 N–H and O–H groups in total. The first-order chi connectivity index (χ1) is 5.97. The molecule has 70 valence electrons. The zero-order valence-corrected chi connectivity index (χ0v) is 8.23. The summed E-state index contributed by atoms with van der Waals surface area (Å²) in [4.78, 5) is 0. The van der Waals surface area contributed by atoms with E-state index in [-0.39, 0.29) is 0 Å². The quantitative estimate of drug-likeness (QED) is 0.507. The summed E-state index contributed by atoms with van der Waals surface area (Å²) in [7, 11) is 0. The molecule has 0 aromatic rings. The summed E-state index contributed by atoms with van der Waals surface area (Å²) >= 11 is 0. The molecule has 2 fully saturated rings. The van der Waals surface area contributed by atoms with Crippen LogP contribution in [0.5, 0.6) is 0 Å². The third-order valence-corrected chi connectivity index (χ3v) is 3.97. The Labute approximate surface area is 76.7 Å². The lowest BCUT2D eigenvalue weighted by atomic mass is 9.73. The van der Waals surface area contributed by atoms with Gasteiger partial charge < -0.3 is 0 Å². The number of hydrogen-bond acceptors (Lipinski definition) is 0. The lowest BCUT2D eigenvalue weighted by Crippen LogP contribution is -2.20. The molecule has 2 aliphatic rings. The van der Waals surface area contributed by atoms with Crippen LogP contribution in [0.4, 0.5) is 0 Å². The summed E-state index contributed by atoms with van der Waals surface area (Å²) < 4.78 is 0. The first kappa shape index (κ1) is 8.59. The first-order valence-corrected chi connectivity index (χ1v) is 5.97. The lowest BCUT2D eigenvalue weighted by Gasteiger charge is -2.33. The molecule has 0 nitrogen and oxygen atoms in total. The Kier molecular flexibility index (Phi) is 3.08. The minimum absolute atomic E-state index is 1.14. The fourth-order valence-electron chi connectivity index (χ4n) is 3.21. The van der Waals surface area contributed by atoms with Gasteiger partial charge >= 0.3 is 0 Å². The topological polar surface area (TPSA) is 0 Å². The van der Waals surface area contributed by atoms with E-state index in [0.29, 0.717) is 0 Å². The third kappa shape index (κ3) is 2.02. The number of rotatable bonds is 0. The summed E-state index contributed by atoms with van der Waals surface area (Å²) in [5, 5.41) is 0. The molecule has 2 saturated carbocycles. The molecular weight excluding hydrogens is 144 g/mol. The molecule has 0 aromatic heterocycles. The van der Waals surface area contributed by atoms with E-state index in [4.69, 9.17) is 0 Å². The van der Waals surface area contributed by atoms with Crippen LogP contribution in [-0.4, -0.2) is 0 Å². The molecular formula is C12H22. The van der Waals surface area contributed by atoms with Gasteiger partial charge in [-0.05, 0) is 11.8 Å². The van der Waals surface area contributed by atoms with E-state index in [2.05, 4.69) is 0 Å². The van der Waals surface area contributed by atoms with E-state index >= 15 is 0 Å². The fourth-order valence-corrected chi connectivity index (χ4v) is 3.21. The molecule has 0 aromatic carbocycles. The van der Waals surface area contributed by atoms with E-state index in [0.717, 1.165) is 11.8 Å². The standard InChI is InChI=1S/C12H22/c1-2-4-8-12-10-6-5-9-11(12)7-3-1/h11-12H,1-10H2/t11-,12+. The SMILES string of the molecule is C1CCC[C@H]2CCCC[C@H]2CC1. The zero-order chi connectivity index (χ0) is 8.23. The van der Waals surface area contributed by atoms with Gasteiger partial charge in [0, 0.05) is 0 Å². The normalized spacial score (nSPS) is 38.0. The molecule has 12 heavy (non-hydrogen) atoms. The van der Waals surface area contributed by atoms with Gasteiger partial charge in [-0.1, -0.05) is 64.2 Å². The van der Waals surface area contributed by atoms with Crippen LogP contribution in [0.1, 0.15) is 64.2 Å². The Bertz CT molecular complexity index is 112. The molecule has 0 amide bonds. The van der Waals surface area contributed by atoms with Gasteiger partial charge in [-0.2, -0.15) is 0 Å². The van der Waals surface area contributed by atoms with Crippen molar-refractivity contribution in [2.75, 3.05) is 0 Å². The highest BCUT2D eigenvalue weighted by Gasteiger charge is 2.24. The average molecular weight is 166 g/mol. The second-order valence-electron chi connectivity index (χ2n) is 4.80. The van der Waals surface area contributed by atoms with E-state index in [1.165, 1.54) is 38.5 Å². The minimum Gasteiger partial charge on any atom is -0.0533 e. The van der Waals surface area contributed by atoms with E-state index in [1.807, 2.05) is 0 Å². The van der Waals surface area contributed by atoms with Crippen LogP contribution in [-0.2, 0) is 0 Å². The maximum Gasteiger partial charge on any atom is -0.0386 e. The monoisotopic (exact) mass is 166 g/mol. The van der Waals surface area contributed by atoms with E-state index < -0.39 is 0 Å². The van der Waals surface area contributed by atoms with Crippen molar-refractivity contribution in [3.05, 3.63) is 0 Å². The molecule has 0 heterocycles. The summed E-state index contributed by atoms with van der Waals surface area (Å²) in [5.74, 6) is 2.28. The molecule has 2 aliphatic carbocycles. The molecule has 0 spiro atoms. The van der Waals surface area contributed by atoms with Gasteiger partial charge in [0.15, 0.2) is 0 Å². The van der Waals surface area contributed by atoms with Crippen LogP contribution < -0.4 is 0 Å². The highest BCUT2D eigenvalue weighted by atomic mass is 14.3. The Balaban J connectivity index is 1.89. The van der Waals surface area contributed by atoms with Crippen LogP contribution in [0.3, 0.4) is 0 Å². The molecule has 0 radical (unpaired) electrons. The smallest absolute Gasteiger partial charge is 0.0386 e. The van der Waals surface area contributed by atoms with Crippen molar-refractivity contribution in [2.24, 2.45) is 11.8 Å². The van der Waals surface area contributed by atoms with Gasteiger partial charge in [0.1, 0.15) is 0 Å². The van der Waals surface area contributed by atoms with Gasteiger partial charge in [-0.15, -0.1) is 0 Å². The summed E-state index contributed by atoms with van der Waals surface area (Å²) in [6.07, 6.45) is 15.4. The van der Waals surface area contributed by atoms with Crippen LogP contribution in [0.15, 0.2) is 0 Å². The molecule has 0 heteroatoms. The van der Waals surface area contributed by atoms with Crippen LogP contribution in [0.2, 0.25) is 0 Å². The summed E-state index contributed by atoms with van der Waals surface area (Å²) in [6, 6.07) is 0. The largest absolute Gasteiger partial charge is 0.0533 e. The fraction of sp³-hybridized carbons (Fsp3) is 1.00. The summed E-state index contributed by atoms with van der Waals surface area (Å²) in [5.41, 5.74) is 0. The van der Waals surface area contributed by atoms with Crippen molar-refractivity contribution in [1.82, 2.24) is 0 Å². The Morgan fingerprint density at radius 1 is 0.417 bits per heavy atom. The molecule has 0 bridgehead atoms. The van der Waals surface area contributed by atoms with Crippen molar-refractivity contribution in [2.45, 2.75) is 64.2 Å². The van der Waals surface area contributed by atoms with Crippen molar-refractivity contribution >= 4 is 0 Å². The Hall–Kier alpha value is 0.